The summed E-state index contributed by atoms with van der Waals surface area (Å²) in [6.07, 6.45) is 3.41. The molecule has 7 heteroatoms. The van der Waals surface area contributed by atoms with Crippen molar-refractivity contribution in [2.75, 3.05) is 13.7 Å². The number of methoxy groups -OCH3 is 1. The highest BCUT2D eigenvalue weighted by Crippen LogP contribution is 2.28. The predicted octanol–water partition coefficient (Wildman–Crippen LogP) is 0.979. The Morgan fingerprint density at radius 1 is 1.23 bits per heavy atom. The highest BCUT2D eigenvalue weighted by molar-refractivity contribution is 7.80. The van der Waals surface area contributed by atoms with E-state index in [1.807, 2.05) is 6.07 Å². The molecule has 134 valence electrons. The summed E-state index contributed by atoms with van der Waals surface area (Å²) in [5, 5.41) is 6.24. The van der Waals surface area contributed by atoms with E-state index in [4.69, 9.17) is 21.7 Å². The summed E-state index contributed by atoms with van der Waals surface area (Å²) in [5.74, 6) is 0.339. The molecule has 3 N–H and O–H groups in total. The molecule has 2 aromatic rings. The van der Waals surface area contributed by atoms with Crippen LogP contribution in [0.25, 0.3) is 0 Å². The monoisotopic (exact) mass is 370 g/mol. The van der Waals surface area contributed by atoms with Crippen LogP contribution in [0.2, 0.25) is 0 Å². The van der Waals surface area contributed by atoms with Crippen LogP contribution in [0.3, 0.4) is 0 Å². The molecule has 0 aliphatic carbocycles. The molecule has 0 fully saturated rings. The summed E-state index contributed by atoms with van der Waals surface area (Å²) >= 11 is 5.06. The van der Waals surface area contributed by atoms with E-state index in [0.29, 0.717) is 28.7 Å². The van der Waals surface area contributed by atoms with Crippen molar-refractivity contribution in [3.8, 4) is 11.5 Å². The van der Waals surface area contributed by atoms with E-state index in [2.05, 4.69) is 22.4 Å². The zero-order chi connectivity index (χ0) is 18.8. The Morgan fingerprint density at radius 2 is 2.00 bits per heavy atom. The van der Waals surface area contributed by atoms with Crippen LogP contribution in [0.15, 0.2) is 61.2 Å². The fraction of sp³-hybridized carbons (Fsp3) is 0.105. The minimum Gasteiger partial charge on any atom is -0.493 e. The van der Waals surface area contributed by atoms with E-state index in [-0.39, 0.29) is 0 Å². The Hall–Kier alpha value is -3.19. The van der Waals surface area contributed by atoms with Gasteiger partial charge in [-0.1, -0.05) is 24.3 Å². The van der Waals surface area contributed by atoms with Crippen molar-refractivity contribution in [1.82, 2.24) is 10.7 Å². The Morgan fingerprint density at radius 3 is 2.69 bits per heavy atom. The second kappa shape index (κ2) is 9.95. The molecule has 2 rings (SSSR count). The maximum atomic E-state index is 12.2. The van der Waals surface area contributed by atoms with E-state index in [9.17, 15) is 4.79 Å². The first-order chi connectivity index (χ1) is 12.6. The van der Waals surface area contributed by atoms with Gasteiger partial charge in [0.15, 0.2) is 17.7 Å². The zero-order valence-corrected chi connectivity index (χ0v) is 15.1. The molecule has 0 atom stereocenters. The summed E-state index contributed by atoms with van der Waals surface area (Å²) < 4.78 is 10.7. The van der Waals surface area contributed by atoms with E-state index in [1.54, 1.807) is 54.8 Å². The number of carbonyl (C=O) groups is 1. The van der Waals surface area contributed by atoms with Gasteiger partial charge in [0.1, 0.15) is 0 Å². The Kier molecular flexibility index (Phi) is 7.32. The number of hydrogen-bond acceptors (Lipinski definition) is 4. The number of thiocarbonyl (C=S) groups is 1. The first kappa shape index (κ1) is 19.1. The molecule has 0 radical (unpaired) electrons. The van der Waals surface area contributed by atoms with Crippen LogP contribution in [-0.4, -0.2) is 31.0 Å². The van der Waals surface area contributed by atoms with E-state index < -0.39 is 5.97 Å². The molecule has 0 aliphatic rings. The molecule has 0 saturated carbocycles. The summed E-state index contributed by atoms with van der Waals surface area (Å²) in [6.45, 7) is 4.17. The lowest BCUT2D eigenvalue weighted by atomic mass is 10.2. The number of hydrazone groups is 1. The van der Waals surface area contributed by atoms with Gasteiger partial charge < -0.3 is 14.8 Å². The minimum absolute atomic E-state index is 0.342. The van der Waals surface area contributed by atoms with Gasteiger partial charge in [-0.05, 0) is 42.5 Å². The largest absolute Gasteiger partial charge is 0.493 e. The van der Waals surface area contributed by atoms with E-state index in [1.165, 1.54) is 7.11 Å². The van der Waals surface area contributed by atoms with Gasteiger partial charge in [-0.2, -0.15) is 0 Å². The average Bonchev–Trinajstić information content (AvgIpc) is 2.68. The van der Waals surface area contributed by atoms with E-state index in [0.717, 1.165) is 5.56 Å². The second-order valence-electron chi connectivity index (χ2n) is 5.08. The number of hydrogen-bond donors (Lipinski definition) is 3. The van der Waals surface area contributed by atoms with Crippen molar-refractivity contribution in [1.29, 1.82) is 0 Å². The van der Waals surface area contributed by atoms with Crippen molar-refractivity contribution >= 4 is 29.5 Å². The van der Waals surface area contributed by atoms with Gasteiger partial charge in [0.05, 0.1) is 12.7 Å². The molecular weight excluding hydrogens is 350 g/mol. The number of ether oxygens (including phenoxy) is 2. The molecule has 0 bridgehead atoms. The topological polar surface area (TPSA) is 73.6 Å². The second-order valence-corrected chi connectivity index (χ2v) is 5.49. The first-order valence-corrected chi connectivity index (χ1v) is 8.23. The number of nitrogens with one attached hydrogen (secondary N) is 3. The molecule has 0 unspecified atom stereocenters. The molecule has 0 saturated heterocycles. The quantitative estimate of drug-likeness (QED) is 0.169. The molecule has 6 nitrogen and oxygen atoms in total. The van der Waals surface area contributed by atoms with Crippen LogP contribution in [0, 0.1) is 0 Å². The highest BCUT2D eigenvalue weighted by atomic mass is 32.1. The fourth-order valence-electron chi connectivity index (χ4n) is 1.99. The van der Waals surface area contributed by atoms with Crippen LogP contribution in [0.4, 0.5) is 0 Å². The number of rotatable bonds is 7. The summed E-state index contributed by atoms with van der Waals surface area (Å²) in [4.78, 5) is 12.2. The van der Waals surface area contributed by atoms with Crippen molar-refractivity contribution in [2.45, 2.75) is 0 Å². The highest BCUT2D eigenvalue weighted by Gasteiger charge is 2.12. The molecule has 26 heavy (non-hydrogen) atoms. The van der Waals surface area contributed by atoms with Crippen molar-refractivity contribution in [2.24, 2.45) is 0 Å². The van der Waals surface area contributed by atoms with Crippen LogP contribution in [-0.2, 0) is 0 Å². The number of esters is 1. The molecule has 0 aromatic heterocycles. The molecule has 0 spiro atoms. The van der Waals surface area contributed by atoms with Gasteiger partial charge in [0, 0.05) is 12.1 Å². The molecule has 2 aromatic carbocycles. The van der Waals surface area contributed by atoms with Crippen molar-refractivity contribution < 1.29 is 19.4 Å². The maximum absolute atomic E-state index is 12.2. The first-order valence-electron chi connectivity index (χ1n) is 7.82. The third-order valence-corrected chi connectivity index (χ3v) is 3.48. The molecule has 0 amide bonds. The fourth-order valence-corrected chi connectivity index (χ4v) is 2.13. The molecule has 0 aliphatic heterocycles. The normalized spacial score (nSPS) is 10.2. The standard InChI is InChI=1S/C19H19N3O3S/c1-3-11-20-19(26)22-21-13-14-9-10-16(17(12-14)24-2)25-18(23)15-7-5-4-6-8-15/h3-10,12-13H,1,11H2,2H3,(H2,20,22,26)/p+1. The summed E-state index contributed by atoms with van der Waals surface area (Å²) in [5.41, 5.74) is 4.09. The van der Waals surface area contributed by atoms with Gasteiger partial charge in [0.25, 0.3) is 0 Å². The van der Waals surface area contributed by atoms with Crippen LogP contribution in [0.5, 0.6) is 11.5 Å². The molecular formula is C19H20N3O3S+. The Balaban J connectivity index is 2.03. The van der Waals surface area contributed by atoms with Gasteiger partial charge in [-0.15, -0.1) is 17.1 Å². The summed E-state index contributed by atoms with van der Waals surface area (Å²) in [6, 6.07) is 14.0. The summed E-state index contributed by atoms with van der Waals surface area (Å²) in [7, 11) is 1.51. The number of benzene rings is 2. The van der Waals surface area contributed by atoms with Crippen LogP contribution >= 0.6 is 12.2 Å². The predicted molar refractivity (Wildman–Crippen MR) is 104 cm³/mol. The SMILES string of the molecule is C=CCNC(=S)N[NH+]=Cc1ccc(OC(=O)c2ccccc2)c(OC)c1. The van der Waals surface area contributed by atoms with Gasteiger partial charge in [0.2, 0.25) is 5.11 Å². The van der Waals surface area contributed by atoms with Crippen molar-refractivity contribution in [3.05, 3.63) is 72.3 Å². The van der Waals surface area contributed by atoms with Gasteiger partial charge in [-0.25, -0.2) is 4.79 Å². The Labute approximate surface area is 157 Å². The average molecular weight is 370 g/mol. The van der Waals surface area contributed by atoms with Gasteiger partial charge >= 0.3 is 5.97 Å². The van der Waals surface area contributed by atoms with Crippen LogP contribution < -0.4 is 25.3 Å². The third-order valence-electron chi connectivity index (χ3n) is 3.23. The Bertz CT molecular complexity index is 807. The maximum Gasteiger partial charge on any atom is 0.343 e. The number of carbonyl (C=O) groups excluding carboxylic acids is 1. The molecule has 0 heterocycles. The minimum atomic E-state index is -0.445. The zero-order valence-electron chi connectivity index (χ0n) is 14.3. The lowest BCUT2D eigenvalue weighted by molar-refractivity contribution is -0.500. The van der Waals surface area contributed by atoms with E-state index >= 15 is 0 Å². The third kappa shape index (κ3) is 5.71. The smallest absolute Gasteiger partial charge is 0.343 e. The lowest BCUT2D eigenvalue weighted by Crippen LogP contribution is -2.82. The van der Waals surface area contributed by atoms with Gasteiger partial charge in [-0.3, -0.25) is 0 Å². The van der Waals surface area contributed by atoms with Crippen molar-refractivity contribution in [3.63, 3.8) is 0 Å². The number of hydrazine groups is 1. The lowest BCUT2D eigenvalue weighted by Gasteiger charge is -2.09. The van der Waals surface area contributed by atoms with Crippen LogP contribution in [0.1, 0.15) is 15.9 Å².